The molecule has 2 aliphatic rings. The highest BCUT2D eigenvalue weighted by molar-refractivity contribution is 6.19. The fourth-order valence-electron chi connectivity index (χ4n) is 2.10. The normalized spacial score (nSPS) is 18.7. The zero-order chi connectivity index (χ0) is 10.4. The predicted molar refractivity (Wildman–Crippen MR) is 58.4 cm³/mol. The zero-order valence-electron chi connectivity index (χ0n) is 8.47. The summed E-state index contributed by atoms with van der Waals surface area (Å²) >= 11 is 0. The lowest BCUT2D eigenvalue weighted by molar-refractivity contribution is 0.230. The van der Waals surface area contributed by atoms with Crippen LogP contribution in [0.5, 0.6) is 0 Å². The molecule has 76 valence electrons. The van der Waals surface area contributed by atoms with Crippen molar-refractivity contribution in [2.24, 2.45) is 4.99 Å². The van der Waals surface area contributed by atoms with Crippen LogP contribution >= 0.6 is 0 Å². The van der Waals surface area contributed by atoms with Crippen LogP contribution in [0.4, 0.5) is 10.5 Å². The summed E-state index contributed by atoms with van der Waals surface area (Å²) in [6.07, 6.45) is 0. The van der Waals surface area contributed by atoms with Crippen LogP contribution < -0.4 is 4.90 Å². The van der Waals surface area contributed by atoms with Crippen LogP contribution in [-0.4, -0.2) is 36.9 Å². The Labute approximate surface area is 87.8 Å². The molecule has 4 heteroatoms. The predicted octanol–water partition coefficient (Wildman–Crippen LogP) is 1.32. The summed E-state index contributed by atoms with van der Waals surface area (Å²) in [5.41, 5.74) is 2.00. The van der Waals surface area contributed by atoms with Crippen molar-refractivity contribution < 1.29 is 4.79 Å². The lowest BCUT2D eigenvalue weighted by atomic mass is 10.1. The number of benzene rings is 1. The second-order valence-electron chi connectivity index (χ2n) is 3.72. The molecule has 0 N–H and O–H groups in total. The number of carbonyl (C=O) groups is 1. The third kappa shape index (κ3) is 1.02. The third-order valence-corrected chi connectivity index (χ3v) is 2.86. The first-order chi connectivity index (χ1) is 7.29. The van der Waals surface area contributed by atoms with E-state index in [1.807, 2.05) is 24.3 Å². The van der Waals surface area contributed by atoms with E-state index in [9.17, 15) is 4.79 Å². The molecular weight excluding hydrogens is 190 g/mol. The smallest absolute Gasteiger partial charge is 0.296 e. The van der Waals surface area contributed by atoms with E-state index in [1.54, 1.807) is 16.8 Å². The van der Waals surface area contributed by atoms with Crippen molar-refractivity contribution in [1.82, 2.24) is 4.90 Å². The molecule has 2 amide bonds. The van der Waals surface area contributed by atoms with Gasteiger partial charge in [0.15, 0.2) is 0 Å². The Hall–Kier alpha value is -1.84. The Morgan fingerprint density at radius 1 is 1.33 bits per heavy atom. The number of urea groups is 1. The van der Waals surface area contributed by atoms with Crippen molar-refractivity contribution in [2.45, 2.75) is 0 Å². The second-order valence-corrected chi connectivity index (χ2v) is 3.72. The molecular formula is C11H11N3O. The maximum Gasteiger partial charge on any atom is 0.329 e. The highest BCUT2D eigenvalue weighted by Gasteiger charge is 2.34. The Bertz CT molecular complexity index is 467. The Morgan fingerprint density at radius 2 is 2.13 bits per heavy atom. The molecule has 0 radical (unpaired) electrons. The van der Waals surface area contributed by atoms with Gasteiger partial charge in [0.25, 0.3) is 0 Å². The number of rotatable bonds is 0. The highest BCUT2D eigenvalue weighted by Crippen LogP contribution is 2.29. The first-order valence-corrected chi connectivity index (χ1v) is 4.98. The van der Waals surface area contributed by atoms with Gasteiger partial charge in [-0.1, -0.05) is 12.1 Å². The van der Waals surface area contributed by atoms with Crippen molar-refractivity contribution in [3.05, 3.63) is 29.8 Å². The first kappa shape index (κ1) is 8.47. The van der Waals surface area contributed by atoms with Gasteiger partial charge in [-0.15, -0.1) is 0 Å². The Morgan fingerprint density at radius 3 is 3.00 bits per heavy atom. The minimum absolute atomic E-state index is 0.0185. The number of amidine groups is 1. The minimum atomic E-state index is 0.0185. The summed E-state index contributed by atoms with van der Waals surface area (Å²) in [7, 11) is 1.80. The summed E-state index contributed by atoms with van der Waals surface area (Å²) in [4.78, 5) is 19.7. The van der Waals surface area contributed by atoms with E-state index in [4.69, 9.17) is 0 Å². The molecule has 0 saturated heterocycles. The summed E-state index contributed by atoms with van der Waals surface area (Å²) < 4.78 is 0. The van der Waals surface area contributed by atoms with E-state index < -0.39 is 0 Å². The number of hydrogen-bond acceptors (Lipinski definition) is 2. The van der Waals surface area contributed by atoms with E-state index in [1.165, 1.54) is 0 Å². The van der Waals surface area contributed by atoms with Crippen molar-refractivity contribution in [3.8, 4) is 0 Å². The van der Waals surface area contributed by atoms with Crippen LogP contribution in [0.1, 0.15) is 5.56 Å². The molecule has 0 unspecified atom stereocenters. The van der Waals surface area contributed by atoms with Crippen molar-refractivity contribution in [1.29, 1.82) is 0 Å². The summed E-state index contributed by atoms with van der Waals surface area (Å²) in [5, 5.41) is 0. The van der Waals surface area contributed by atoms with Crippen LogP contribution in [0, 0.1) is 0 Å². The second kappa shape index (κ2) is 2.82. The molecule has 15 heavy (non-hydrogen) atoms. The van der Waals surface area contributed by atoms with Crippen molar-refractivity contribution in [3.63, 3.8) is 0 Å². The molecule has 0 aliphatic carbocycles. The van der Waals surface area contributed by atoms with E-state index in [2.05, 4.69) is 4.99 Å². The van der Waals surface area contributed by atoms with Gasteiger partial charge in [-0.25, -0.2) is 4.79 Å². The standard InChI is InChI=1S/C11H11N3O/c1-13-9-5-3-2-4-8(9)10-12-6-7-14(10)11(13)15/h2-5H,6-7H2,1H3. The molecule has 0 bridgehead atoms. The molecule has 1 aromatic rings. The molecule has 1 aromatic carbocycles. The number of anilines is 1. The van der Waals surface area contributed by atoms with Gasteiger partial charge >= 0.3 is 6.03 Å². The highest BCUT2D eigenvalue weighted by atomic mass is 16.2. The summed E-state index contributed by atoms with van der Waals surface area (Å²) in [6.45, 7) is 1.41. The van der Waals surface area contributed by atoms with Crippen molar-refractivity contribution >= 4 is 17.6 Å². The average Bonchev–Trinajstić information content (AvgIpc) is 2.75. The molecule has 2 heterocycles. The van der Waals surface area contributed by atoms with E-state index >= 15 is 0 Å². The van der Waals surface area contributed by atoms with Crippen LogP contribution in [-0.2, 0) is 0 Å². The van der Waals surface area contributed by atoms with Crippen LogP contribution in [0.2, 0.25) is 0 Å². The zero-order valence-corrected chi connectivity index (χ0v) is 8.47. The molecule has 0 atom stereocenters. The van der Waals surface area contributed by atoms with Gasteiger partial charge in [0.05, 0.1) is 12.2 Å². The molecule has 0 fully saturated rings. The van der Waals surface area contributed by atoms with Gasteiger partial charge in [-0.05, 0) is 12.1 Å². The number of carbonyl (C=O) groups excluding carboxylic acids is 1. The van der Waals surface area contributed by atoms with Crippen LogP contribution in [0.15, 0.2) is 29.3 Å². The van der Waals surface area contributed by atoms with Crippen LogP contribution in [0.25, 0.3) is 0 Å². The van der Waals surface area contributed by atoms with E-state index in [0.717, 1.165) is 17.1 Å². The van der Waals surface area contributed by atoms with Gasteiger partial charge in [-0.2, -0.15) is 0 Å². The first-order valence-electron chi connectivity index (χ1n) is 4.98. The molecule has 2 aliphatic heterocycles. The molecule has 3 rings (SSSR count). The van der Waals surface area contributed by atoms with Gasteiger partial charge in [0.2, 0.25) is 0 Å². The average molecular weight is 201 g/mol. The number of hydrogen-bond donors (Lipinski definition) is 0. The third-order valence-electron chi connectivity index (χ3n) is 2.86. The van der Waals surface area contributed by atoms with E-state index in [-0.39, 0.29) is 6.03 Å². The van der Waals surface area contributed by atoms with Crippen molar-refractivity contribution in [2.75, 3.05) is 25.0 Å². The fraction of sp³-hybridized carbons (Fsp3) is 0.273. The molecule has 4 nitrogen and oxygen atoms in total. The summed E-state index contributed by atoms with van der Waals surface area (Å²) in [5.74, 6) is 0.828. The quantitative estimate of drug-likeness (QED) is 0.623. The maximum atomic E-state index is 11.9. The fourth-order valence-corrected chi connectivity index (χ4v) is 2.10. The number of para-hydroxylation sites is 1. The van der Waals surface area contributed by atoms with Gasteiger partial charge in [0, 0.05) is 19.2 Å². The maximum absolute atomic E-state index is 11.9. The number of nitrogens with zero attached hydrogens (tertiary/aromatic N) is 3. The van der Waals surface area contributed by atoms with Gasteiger partial charge in [0.1, 0.15) is 5.84 Å². The Kier molecular flexibility index (Phi) is 1.59. The molecule has 0 saturated carbocycles. The van der Waals surface area contributed by atoms with Gasteiger partial charge < -0.3 is 0 Å². The topological polar surface area (TPSA) is 35.9 Å². The monoisotopic (exact) mass is 201 g/mol. The lowest BCUT2D eigenvalue weighted by Crippen LogP contribution is -2.48. The molecule has 0 spiro atoms. The minimum Gasteiger partial charge on any atom is -0.296 e. The SMILES string of the molecule is CN1C(=O)N2CCN=C2c2ccccc21. The number of amides is 2. The lowest BCUT2D eigenvalue weighted by Gasteiger charge is -2.32. The van der Waals surface area contributed by atoms with Crippen LogP contribution in [0.3, 0.4) is 0 Å². The summed E-state index contributed by atoms with van der Waals surface area (Å²) in [6, 6.07) is 7.89. The number of fused-ring (bicyclic) bond motifs is 3. The number of aliphatic imine (C=N–C) groups is 1. The van der Waals surface area contributed by atoms with Gasteiger partial charge in [-0.3, -0.25) is 14.8 Å². The Balaban J connectivity index is 2.24. The largest absolute Gasteiger partial charge is 0.329 e. The van der Waals surface area contributed by atoms with E-state index in [0.29, 0.717) is 13.1 Å². The molecule has 0 aromatic heterocycles.